The van der Waals surface area contributed by atoms with Gasteiger partial charge >= 0.3 is 0 Å². The van der Waals surface area contributed by atoms with Gasteiger partial charge in [-0.2, -0.15) is 0 Å². The molecular weight excluding hydrogens is 424 g/mol. The van der Waals surface area contributed by atoms with Crippen LogP contribution in [0.4, 0.5) is 0 Å². The van der Waals surface area contributed by atoms with Crippen LogP contribution < -0.4 is 5.32 Å². The lowest BCUT2D eigenvalue weighted by Crippen LogP contribution is -2.29. The van der Waals surface area contributed by atoms with Crippen molar-refractivity contribution in [3.8, 4) is 0 Å². The van der Waals surface area contributed by atoms with Gasteiger partial charge in [0.15, 0.2) is 0 Å². The molecule has 0 aromatic carbocycles. The summed E-state index contributed by atoms with van der Waals surface area (Å²) < 4.78 is 0. The van der Waals surface area contributed by atoms with E-state index >= 15 is 0 Å². The Morgan fingerprint density at radius 1 is 1.14 bits per heavy atom. The lowest BCUT2D eigenvalue weighted by atomic mass is 9.86. The molecule has 1 atom stereocenters. The summed E-state index contributed by atoms with van der Waals surface area (Å²) >= 11 is 0. The molecule has 0 bridgehead atoms. The molecule has 0 heterocycles. The van der Waals surface area contributed by atoms with Crippen LogP contribution in [0.2, 0.25) is 0 Å². The van der Waals surface area contributed by atoms with Crippen LogP contribution in [-0.4, -0.2) is 25.0 Å². The van der Waals surface area contributed by atoms with Gasteiger partial charge in [0.05, 0.1) is 0 Å². The highest BCUT2D eigenvalue weighted by Gasteiger charge is 2.19. The molecule has 0 spiro atoms. The van der Waals surface area contributed by atoms with Crippen molar-refractivity contribution >= 4 is 0 Å². The monoisotopic (exact) mass is 482 g/mol. The van der Waals surface area contributed by atoms with Crippen LogP contribution in [0.15, 0.2) is 71.7 Å². The topological polar surface area (TPSA) is 15.3 Å². The molecule has 0 saturated carbocycles. The van der Waals surface area contributed by atoms with Crippen LogP contribution in [0.5, 0.6) is 0 Å². The lowest BCUT2D eigenvalue weighted by Gasteiger charge is -2.33. The fourth-order valence-corrected chi connectivity index (χ4v) is 4.60. The molecule has 0 radical (unpaired) electrons. The molecule has 2 aliphatic rings. The third kappa shape index (κ3) is 13.6. The van der Waals surface area contributed by atoms with Crippen molar-refractivity contribution in [3.05, 3.63) is 71.7 Å². The summed E-state index contributed by atoms with van der Waals surface area (Å²) in [4.78, 5) is 2.74. The van der Waals surface area contributed by atoms with Crippen molar-refractivity contribution < 1.29 is 0 Å². The molecule has 0 saturated heterocycles. The zero-order valence-electron chi connectivity index (χ0n) is 24.6. The third-order valence-electron chi connectivity index (χ3n) is 6.30. The molecule has 2 nitrogen and oxygen atoms in total. The number of nitrogens with zero attached hydrogens (tertiary/aromatic N) is 1. The Morgan fingerprint density at radius 2 is 1.89 bits per heavy atom. The summed E-state index contributed by atoms with van der Waals surface area (Å²) in [5, 5.41) is 3.15. The molecule has 200 valence electrons. The molecular formula is C33H58N2. The van der Waals surface area contributed by atoms with E-state index in [9.17, 15) is 0 Å². The van der Waals surface area contributed by atoms with Gasteiger partial charge in [0.25, 0.3) is 0 Å². The quantitative estimate of drug-likeness (QED) is 0.248. The Morgan fingerprint density at radius 3 is 2.51 bits per heavy atom. The number of allylic oxidation sites excluding steroid dienone is 10. The molecule has 0 amide bonds. The van der Waals surface area contributed by atoms with E-state index < -0.39 is 0 Å². The van der Waals surface area contributed by atoms with E-state index in [0.717, 1.165) is 25.2 Å². The predicted molar refractivity (Wildman–Crippen MR) is 161 cm³/mol. The number of hydrogen-bond acceptors (Lipinski definition) is 2. The van der Waals surface area contributed by atoms with Crippen molar-refractivity contribution in [3.63, 3.8) is 0 Å². The van der Waals surface area contributed by atoms with Crippen LogP contribution in [0.25, 0.3) is 0 Å². The average Bonchev–Trinajstić information content (AvgIpc) is 2.89. The Hall–Kier alpha value is -1.96. The summed E-state index contributed by atoms with van der Waals surface area (Å²) in [6, 6.07) is 0. The highest BCUT2D eigenvalue weighted by molar-refractivity contribution is 5.35. The second-order valence-electron chi connectivity index (χ2n) is 9.50. The first-order chi connectivity index (χ1) is 17.1. The highest BCUT2D eigenvalue weighted by atomic mass is 15.1. The standard InChI is InChI=1S/C29H46N2.2C2H6/c1-6-8-12-25-21-26(15-18-30-5)23-27(22-25)17-20-31(19-16-24(3)4)29-14-10-9-13-28(29)11-7-2;2*1-2/h6,9,13,15,18,21-22,24,27,30H,1,7-8,10-12,14,16-17,19-20,23H2,2-5H3;2*1-2H3/b18-15-;;/t27-;;/m0../s1. The predicted octanol–water partition coefficient (Wildman–Crippen LogP) is 9.75. The molecule has 2 heteroatoms. The first-order valence-corrected chi connectivity index (χ1v) is 14.6. The van der Waals surface area contributed by atoms with E-state index in [1.165, 1.54) is 62.8 Å². The van der Waals surface area contributed by atoms with Gasteiger partial charge in [-0.05, 0) is 86.6 Å². The van der Waals surface area contributed by atoms with Crippen molar-refractivity contribution in [1.82, 2.24) is 10.2 Å². The van der Waals surface area contributed by atoms with Crippen LogP contribution >= 0.6 is 0 Å². The van der Waals surface area contributed by atoms with Gasteiger partial charge in [0.1, 0.15) is 0 Å². The van der Waals surface area contributed by atoms with E-state index in [1.54, 1.807) is 11.3 Å². The number of rotatable bonds is 14. The van der Waals surface area contributed by atoms with Crippen molar-refractivity contribution in [2.45, 2.75) is 106 Å². The lowest BCUT2D eigenvalue weighted by molar-refractivity contribution is 0.288. The minimum atomic E-state index is 0.622. The minimum Gasteiger partial charge on any atom is -0.394 e. The Labute approximate surface area is 220 Å². The maximum absolute atomic E-state index is 3.91. The Kier molecular flexibility index (Phi) is 20.1. The summed E-state index contributed by atoms with van der Waals surface area (Å²) in [5.74, 6) is 1.37. The van der Waals surface area contributed by atoms with Crippen molar-refractivity contribution in [2.24, 2.45) is 11.8 Å². The SMILES string of the molecule is C=CCCC1=C[C@H](CCN(CCC(C)C)C2=C(CCC)C=CCC2)CC(/C=C\NC)=C1.CC.CC. The largest absolute Gasteiger partial charge is 0.394 e. The van der Waals surface area contributed by atoms with Crippen molar-refractivity contribution in [1.29, 1.82) is 0 Å². The summed E-state index contributed by atoms with van der Waals surface area (Å²) in [6.07, 6.45) is 26.7. The van der Waals surface area contributed by atoms with Gasteiger partial charge in [-0.1, -0.05) is 90.8 Å². The van der Waals surface area contributed by atoms with E-state index in [2.05, 4.69) is 74.1 Å². The van der Waals surface area contributed by atoms with Gasteiger partial charge in [-0.15, -0.1) is 6.58 Å². The summed E-state index contributed by atoms with van der Waals surface area (Å²) in [7, 11) is 1.97. The molecule has 2 rings (SSSR count). The number of nitrogens with one attached hydrogen (secondary N) is 1. The zero-order chi connectivity index (χ0) is 26.5. The van der Waals surface area contributed by atoms with E-state index in [-0.39, 0.29) is 0 Å². The number of hydrogen-bond donors (Lipinski definition) is 1. The molecule has 0 aromatic heterocycles. The molecule has 2 aliphatic carbocycles. The average molecular weight is 483 g/mol. The van der Waals surface area contributed by atoms with E-state index in [0.29, 0.717) is 5.92 Å². The molecule has 35 heavy (non-hydrogen) atoms. The Bertz CT molecular complexity index is 703. The minimum absolute atomic E-state index is 0.622. The molecule has 0 aromatic rings. The third-order valence-corrected chi connectivity index (χ3v) is 6.30. The fourth-order valence-electron chi connectivity index (χ4n) is 4.60. The first-order valence-electron chi connectivity index (χ1n) is 14.6. The second kappa shape index (κ2) is 21.3. The normalized spacial score (nSPS) is 17.2. The highest BCUT2D eigenvalue weighted by Crippen LogP contribution is 2.31. The molecule has 0 unspecified atom stereocenters. The first kappa shape index (κ1) is 33.0. The zero-order valence-corrected chi connectivity index (χ0v) is 24.6. The van der Waals surface area contributed by atoms with Gasteiger partial charge < -0.3 is 10.2 Å². The smallest absolute Gasteiger partial charge is 0.0180 e. The van der Waals surface area contributed by atoms with Gasteiger partial charge in [0, 0.05) is 25.8 Å². The molecule has 0 aliphatic heterocycles. The van der Waals surface area contributed by atoms with Crippen LogP contribution in [0.1, 0.15) is 106 Å². The van der Waals surface area contributed by atoms with Crippen LogP contribution in [0, 0.1) is 11.8 Å². The van der Waals surface area contributed by atoms with Gasteiger partial charge in [0.2, 0.25) is 0 Å². The Balaban J connectivity index is 0.00000274. The maximum atomic E-state index is 3.91. The van der Waals surface area contributed by atoms with Crippen LogP contribution in [-0.2, 0) is 0 Å². The van der Waals surface area contributed by atoms with E-state index in [4.69, 9.17) is 0 Å². The van der Waals surface area contributed by atoms with Gasteiger partial charge in [-0.3, -0.25) is 0 Å². The fraction of sp³-hybridized carbons (Fsp3) is 0.636. The maximum Gasteiger partial charge on any atom is 0.0180 e. The second-order valence-corrected chi connectivity index (χ2v) is 9.50. The van der Waals surface area contributed by atoms with Gasteiger partial charge in [-0.25, -0.2) is 0 Å². The van der Waals surface area contributed by atoms with Crippen LogP contribution in [0.3, 0.4) is 0 Å². The van der Waals surface area contributed by atoms with E-state index in [1.807, 2.05) is 40.8 Å². The summed E-state index contributed by atoms with van der Waals surface area (Å²) in [5.41, 5.74) is 6.14. The van der Waals surface area contributed by atoms with Crippen molar-refractivity contribution in [2.75, 3.05) is 20.1 Å². The molecule has 1 N–H and O–H groups in total. The molecule has 0 fully saturated rings. The summed E-state index contributed by atoms with van der Waals surface area (Å²) in [6.45, 7) is 21.3.